The SMILES string of the molecule is Cc1ccc(NC(=O)C(=O)NCC(c2ccc3c(c2)CCCN3C)N(C)C)cc1Cl. The van der Waals surface area contributed by atoms with E-state index < -0.39 is 11.8 Å². The van der Waals surface area contributed by atoms with E-state index in [0.717, 1.165) is 30.5 Å². The molecule has 0 saturated carbocycles. The normalized spacial score (nSPS) is 14.3. The fraction of sp³-hybridized carbons (Fsp3) is 0.391. The van der Waals surface area contributed by atoms with Gasteiger partial charge in [-0.2, -0.15) is 0 Å². The van der Waals surface area contributed by atoms with Crippen molar-refractivity contribution in [3.05, 3.63) is 58.1 Å². The van der Waals surface area contributed by atoms with Crippen LogP contribution in [0, 0.1) is 6.92 Å². The number of amides is 2. The van der Waals surface area contributed by atoms with Gasteiger partial charge in [-0.05, 0) is 68.8 Å². The summed E-state index contributed by atoms with van der Waals surface area (Å²) in [5.74, 6) is -1.38. The number of halogens is 1. The molecule has 2 amide bonds. The molecule has 3 rings (SSSR count). The summed E-state index contributed by atoms with van der Waals surface area (Å²) in [5, 5.41) is 5.90. The van der Waals surface area contributed by atoms with Gasteiger partial charge >= 0.3 is 11.8 Å². The fourth-order valence-corrected chi connectivity index (χ4v) is 3.92. The maximum Gasteiger partial charge on any atom is 0.313 e. The van der Waals surface area contributed by atoms with E-state index in [0.29, 0.717) is 17.3 Å². The summed E-state index contributed by atoms with van der Waals surface area (Å²) in [6.45, 7) is 3.28. The van der Waals surface area contributed by atoms with Crippen LogP contribution in [0.25, 0.3) is 0 Å². The van der Waals surface area contributed by atoms with Crippen molar-refractivity contribution in [3.8, 4) is 0 Å². The summed E-state index contributed by atoms with van der Waals surface area (Å²) >= 11 is 6.08. The Hall–Kier alpha value is -2.57. The lowest BCUT2D eigenvalue weighted by molar-refractivity contribution is -0.136. The van der Waals surface area contributed by atoms with Crippen LogP contribution in [0.15, 0.2) is 36.4 Å². The lowest BCUT2D eigenvalue weighted by Gasteiger charge is -2.30. The molecule has 0 aromatic heterocycles. The molecule has 2 aromatic carbocycles. The van der Waals surface area contributed by atoms with Crippen LogP contribution in [0.1, 0.15) is 29.2 Å². The molecule has 0 saturated heterocycles. The molecule has 0 bridgehead atoms. The number of nitrogens with one attached hydrogen (secondary N) is 2. The molecule has 2 N–H and O–H groups in total. The number of fused-ring (bicyclic) bond motifs is 1. The minimum Gasteiger partial charge on any atom is -0.374 e. The van der Waals surface area contributed by atoms with Crippen molar-refractivity contribution >= 4 is 34.8 Å². The number of carbonyl (C=O) groups is 2. The highest BCUT2D eigenvalue weighted by Crippen LogP contribution is 2.30. The third-order valence-corrected chi connectivity index (χ3v) is 5.96. The number of aryl methyl sites for hydroxylation is 2. The zero-order chi connectivity index (χ0) is 21.8. The average Bonchev–Trinajstić information content (AvgIpc) is 2.70. The molecule has 0 radical (unpaired) electrons. The summed E-state index contributed by atoms with van der Waals surface area (Å²) in [7, 11) is 6.05. The van der Waals surface area contributed by atoms with Gasteiger partial charge in [-0.3, -0.25) is 9.59 Å². The molecule has 30 heavy (non-hydrogen) atoms. The molecule has 1 atom stereocenters. The standard InChI is InChI=1S/C23H29ClN4O2/c1-15-7-9-18(13-19(15)24)26-23(30)22(29)25-14-21(27(2)3)17-8-10-20-16(12-17)6-5-11-28(20)4/h7-10,12-13,21H,5-6,11,14H2,1-4H3,(H,25,29)(H,26,30). The summed E-state index contributed by atoms with van der Waals surface area (Å²) in [4.78, 5) is 28.9. The second kappa shape index (κ2) is 9.49. The quantitative estimate of drug-likeness (QED) is 0.716. The number of anilines is 2. The first-order valence-electron chi connectivity index (χ1n) is 10.1. The van der Waals surface area contributed by atoms with Gasteiger partial charge in [-0.25, -0.2) is 0 Å². The Kier molecular flexibility index (Phi) is 7.00. The summed E-state index contributed by atoms with van der Waals surface area (Å²) in [6, 6.07) is 11.6. The molecule has 1 aliphatic rings. The van der Waals surface area contributed by atoms with E-state index in [1.165, 1.54) is 11.3 Å². The Morgan fingerprint density at radius 3 is 2.63 bits per heavy atom. The Morgan fingerprint density at radius 2 is 1.93 bits per heavy atom. The van der Waals surface area contributed by atoms with Crippen LogP contribution < -0.4 is 15.5 Å². The highest BCUT2D eigenvalue weighted by Gasteiger charge is 2.21. The van der Waals surface area contributed by atoms with Crippen molar-refractivity contribution in [3.63, 3.8) is 0 Å². The maximum atomic E-state index is 12.4. The molecule has 1 heterocycles. The van der Waals surface area contributed by atoms with Crippen molar-refractivity contribution in [2.45, 2.75) is 25.8 Å². The summed E-state index contributed by atoms with van der Waals surface area (Å²) in [6.07, 6.45) is 2.20. The lowest BCUT2D eigenvalue weighted by Crippen LogP contribution is -2.40. The average molecular weight is 429 g/mol. The number of benzene rings is 2. The molecule has 0 fully saturated rings. The molecule has 2 aromatic rings. The van der Waals surface area contributed by atoms with E-state index in [4.69, 9.17) is 11.6 Å². The van der Waals surface area contributed by atoms with Gasteiger partial charge in [0.25, 0.3) is 0 Å². The first-order valence-corrected chi connectivity index (χ1v) is 10.5. The van der Waals surface area contributed by atoms with E-state index in [9.17, 15) is 9.59 Å². The van der Waals surface area contributed by atoms with E-state index >= 15 is 0 Å². The lowest BCUT2D eigenvalue weighted by atomic mass is 9.96. The van der Waals surface area contributed by atoms with E-state index in [1.807, 2.05) is 25.9 Å². The third kappa shape index (κ3) is 5.12. The van der Waals surface area contributed by atoms with Crippen LogP contribution in [-0.2, 0) is 16.0 Å². The molecule has 7 heteroatoms. The Bertz CT molecular complexity index is 945. The van der Waals surface area contributed by atoms with Crippen molar-refractivity contribution < 1.29 is 9.59 Å². The van der Waals surface area contributed by atoms with Gasteiger partial charge in [0.05, 0.1) is 6.04 Å². The second-order valence-electron chi connectivity index (χ2n) is 8.02. The molecule has 6 nitrogen and oxygen atoms in total. The van der Waals surface area contributed by atoms with Crippen LogP contribution in [0.5, 0.6) is 0 Å². The number of hydrogen-bond acceptors (Lipinski definition) is 4. The second-order valence-corrected chi connectivity index (χ2v) is 8.43. The zero-order valence-corrected chi connectivity index (χ0v) is 18.7. The molecule has 0 aliphatic carbocycles. The molecular weight excluding hydrogens is 400 g/mol. The van der Waals surface area contributed by atoms with E-state index in [1.54, 1.807) is 18.2 Å². The van der Waals surface area contributed by atoms with Gasteiger partial charge in [0.1, 0.15) is 0 Å². The molecule has 1 unspecified atom stereocenters. The first kappa shape index (κ1) is 22.1. The minimum absolute atomic E-state index is 0.0342. The van der Waals surface area contributed by atoms with Gasteiger partial charge in [-0.1, -0.05) is 29.8 Å². The van der Waals surface area contributed by atoms with Gasteiger partial charge in [0.2, 0.25) is 0 Å². The Morgan fingerprint density at radius 1 is 1.17 bits per heavy atom. The zero-order valence-electron chi connectivity index (χ0n) is 18.0. The van der Waals surface area contributed by atoms with Crippen LogP contribution in [0.2, 0.25) is 5.02 Å². The minimum atomic E-state index is -0.709. The highest BCUT2D eigenvalue weighted by atomic mass is 35.5. The Balaban J connectivity index is 1.65. The van der Waals surface area contributed by atoms with Gasteiger partial charge in [0.15, 0.2) is 0 Å². The maximum absolute atomic E-state index is 12.4. The van der Waals surface area contributed by atoms with Crippen LogP contribution in [-0.4, -0.2) is 50.9 Å². The molecule has 1 aliphatic heterocycles. The predicted octanol–water partition coefficient (Wildman–Crippen LogP) is 3.39. The predicted molar refractivity (Wildman–Crippen MR) is 122 cm³/mol. The number of rotatable bonds is 5. The fourth-order valence-electron chi connectivity index (χ4n) is 3.74. The van der Waals surface area contributed by atoms with Gasteiger partial charge < -0.3 is 20.4 Å². The van der Waals surface area contributed by atoms with Gasteiger partial charge in [0, 0.05) is 36.5 Å². The number of hydrogen-bond donors (Lipinski definition) is 2. The largest absolute Gasteiger partial charge is 0.374 e. The van der Waals surface area contributed by atoms with Crippen LogP contribution in [0.4, 0.5) is 11.4 Å². The van der Waals surface area contributed by atoms with Crippen LogP contribution in [0.3, 0.4) is 0 Å². The molecule has 160 valence electrons. The number of carbonyl (C=O) groups excluding carboxylic acids is 2. The topological polar surface area (TPSA) is 64.7 Å². The smallest absolute Gasteiger partial charge is 0.313 e. The van der Waals surface area contributed by atoms with Gasteiger partial charge in [-0.15, -0.1) is 0 Å². The highest BCUT2D eigenvalue weighted by molar-refractivity contribution is 6.39. The summed E-state index contributed by atoms with van der Waals surface area (Å²) in [5.41, 5.74) is 5.12. The van der Waals surface area contributed by atoms with Crippen molar-refractivity contribution in [1.29, 1.82) is 0 Å². The number of likely N-dealkylation sites (N-methyl/N-ethyl adjacent to an activating group) is 1. The number of nitrogens with zero attached hydrogens (tertiary/aromatic N) is 2. The third-order valence-electron chi connectivity index (χ3n) is 5.55. The van der Waals surface area contributed by atoms with Crippen molar-refractivity contribution in [1.82, 2.24) is 10.2 Å². The van der Waals surface area contributed by atoms with Crippen molar-refractivity contribution in [2.75, 3.05) is 44.4 Å². The van der Waals surface area contributed by atoms with Crippen LogP contribution >= 0.6 is 11.6 Å². The monoisotopic (exact) mass is 428 g/mol. The van der Waals surface area contributed by atoms with E-state index in [2.05, 4.69) is 40.8 Å². The molecular formula is C23H29ClN4O2. The summed E-state index contributed by atoms with van der Waals surface area (Å²) < 4.78 is 0. The Labute approximate surface area is 183 Å². The first-order chi connectivity index (χ1) is 14.3. The van der Waals surface area contributed by atoms with E-state index in [-0.39, 0.29) is 6.04 Å². The molecule has 0 spiro atoms. The van der Waals surface area contributed by atoms with Crippen molar-refractivity contribution in [2.24, 2.45) is 0 Å².